The van der Waals surface area contributed by atoms with Crippen molar-refractivity contribution in [3.8, 4) is 0 Å². The molecule has 2 aliphatic rings. The summed E-state index contributed by atoms with van der Waals surface area (Å²) in [5.74, 6) is -4.34. The molecule has 31 heavy (non-hydrogen) atoms. The van der Waals surface area contributed by atoms with Crippen molar-refractivity contribution in [3.63, 3.8) is 0 Å². The van der Waals surface area contributed by atoms with Crippen LogP contribution in [-0.4, -0.2) is 43.7 Å². The van der Waals surface area contributed by atoms with Crippen LogP contribution in [0.25, 0.3) is 5.76 Å². The van der Waals surface area contributed by atoms with Crippen molar-refractivity contribution in [2.24, 2.45) is 0 Å². The molecule has 2 aliphatic carbocycles. The van der Waals surface area contributed by atoms with E-state index < -0.39 is 40.0 Å². The summed E-state index contributed by atoms with van der Waals surface area (Å²) in [5.41, 5.74) is -2.82. The number of carbonyl (C=O) groups is 4. The number of hydrogen-bond donors (Lipinski definition) is 2. The second-order valence-electron chi connectivity index (χ2n) is 7.08. The molecule has 5 rings (SSSR count). The second-order valence-corrected chi connectivity index (χ2v) is 7.08. The number of benzene rings is 2. The highest BCUT2D eigenvalue weighted by atomic mass is 16.3. The summed E-state index contributed by atoms with van der Waals surface area (Å²) in [6, 6.07) is 13.6. The van der Waals surface area contributed by atoms with Gasteiger partial charge in [0.25, 0.3) is 0 Å². The van der Waals surface area contributed by atoms with Gasteiger partial charge >= 0.3 is 0 Å². The molecule has 0 radical (unpaired) electrons. The lowest BCUT2D eigenvalue weighted by Crippen LogP contribution is -2.55. The van der Waals surface area contributed by atoms with Crippen LogP contribution in [0.4, 0.5) is 5.95 Å². The molecule has 0 fully saturated rings. The van der Waals surface area contributed by atoms with Crippen LogP contribution in [0.3, 0.4) is 0 Å². The third-order valence-corrected chi connectivity index (χ3v) is 5.43. The van der Waals surface area contributed by atoms with Gasteiger partial charge in [-0.15, -0.1) is 0 Å². The summed E-state index contributed by atoms with van der Waals surface area (Å²) >= 11 is 0. The fourth-order valence-corrected chi connectivity index (χ4v) is 4.03. The predicted octanol–water partition coefficient (Wildman–Crippen LogP) is 2.44. The number of hydrogen-bond acceptors (Lipinski definition) is 8. The van der Waals surface area contributed by atoms with Gasteiger partial charge in [-0.25, -0.2) is 9.97 Å². The first kappa shape index (κ1) is 18.6. The van der Waals surface area contributed by atoms with Crippen LogP contribution in [0.15, 0.2) is 72.6 Å². The molecule has 0 saturated heterocycles. The number of rotatable bonds is 3. The van der Waals surface area contributed by atoms with E-state index in [-0.39, 0.29) is 28.2 Å². The second kappa shape index (κ2) is 6.53. The van der Waals surface area contributed by atoms with Crippen LogP contribution in [0.1, 0.15) is 36.6 Å². The fourth-order valence-electron chi connectivity index (χ4n) is 4.03. The molecule has 0 atom stereocenters. The van der Waals surface area contributed by atoms with E-state index in [1.54, 1.807) is 24.3 Å². The van der Waals surface area contributed by atoms with Gasteiger partial charge in [0.2, 0.25) is 34.6 Å². The Morgan fingerprint density at radius 3 is 1.77 bits per heavy atom. The van der Waals surface area contributed by atoms with Crippen molar-refractivity contribution in [3.05, 3.63) is 94.8 Å². The first-order valence-corrected chi connectivity index (χ1v) is 9.33. The van der Waals surface area contributed by atoms with E-state index in [9.17, 15) is 24.3 Å². The van der Waals surface area contributed by atoms with E-state index in [1.807, 2.05) is 0 Å². The van der Waals surface area contributed by atoms with Gasteiger partial charge in [-0.1, -0.05) is 48.5 Å². The zero-order valence-corrected chi connectivity index (χ0v) is 15.8. The first-order valence-electron chi connectivity index (χ1n) is 9.33. The van der Waals surface area contributed by atoms with Gasteiger partial charge in [0.15, 0.2) is 0 Å². The van der Waals surface area contributed by atoms with Crippen molar-refractivity contribution in [2.45, 2.75) is 5.54 Å². The molecule has 3 aromatic rings. The number of aliphatic hydroxyl groups is 1. The van der Waals surface area contributed by atoms with Gasteiger partial charge in [-0.05, 0) is 6.07 Å². The highest BCUT2D eigenvalue weighted by Crippen LogP contribution is 2.42. The molecule has 0 amide bonds. The molecule has 1 heterocycles. The molecule has 150 valence electrons. The number of Topliss-reactive ketones (excluding diaryl/α,β-unsaturated/α-hetero) is 4. The Bertz CT molecular complexity index is 1310. The van der Waals surface area contributed by atoms with E-state index >= 15 is 0 Å². The van der Waals surface area contributed by atoms with Crippen LogP contribution in [0, 0.1) is 0 Å². The Morgan fingerprint density at radius 1 is 0.677 bits per heavy atom. The predicted molar refractivity (Wildman–Crippen MR) is 109 cm³/mol. The van der Waals surface area contributed by atoms with Crippen LogP contribution in [0.5, 0.6) is 0 Å². The number of anilines is 1. The normalized spacial score (nSPS) is 16.9. The molecule has 8 heteroatoms. The lowest BCUT2D eigenvalue weighted by atomic mass is 9.75. The number of aliphatic hydroxyl groups excluding tert-OH is 1. The third-order valence-electron chi connectivity index (χ3n) is 5.43. The SMILES string of the molecule is O=C1C(=O)c2ccccc2C(O)=C1C1(Nc2ncccn2)C(=O)c2ccccc2C1=O. The minimum absolute atomic E-state index is 0.00438. The van der Waals surface area contributed by atoms with Crippen LogP contribution in [-0.2, 0) is 4.79 Å². The zero-order chi connectivity index (χ0) is 21.8. The quantitative estimate of drug-likeness (QED) is 0.497. The summed E-state index contributed by atoms with van der Waals surface area (Å²) in [6.07, 6.45) is 2.77. The largest absolute Gasteiger partial charge is 0.507 e. The number of ketones is 4. The Morgan fingerprint density at radius 2 is 1.19 bits per heavy atom. The van der Waals surface area contributed by atoms with E-state index in [0.717, 1.165) is 0 Å². The van der Waals surface area contributed by atoms with Crippen LogP contribution < -0.4 is 5.32 Å². The first-order chi connectivity index (χ1) is 15.0. The van der Waals surface area contributed by atoms with Gasteiger partial charge in [0.1, 0.15) is 5.76 Å². The maximum absolute atomic E-state index is 13.6. The van der Waals surface area contributed by atoms with Gasteiger partial charge in [0, 0.05) is 34.6 Å². The molecule has 2 aromatic carbocycles. The minimum atomic E-state index is -2.38. The van der Waals surface area contributed by atoms with Crippen LogP contribution >= 0.6 is 0 Å². The molecular formula is C23H13N3O5. The molecule has 0 unspecified atom stereocenters. The zero-order valence-electron chi connectivity index (χ0n) is 15.8. The summed E-state index contributed by atoms with van der Waals surface area (Å²) in [7, 11) is 0. The Hall–Kier alpha value is -4.46. The van der Waals surface area contributed by atoms with Gasteiger partial charge in [0.05, 0.1) is 5.57 Å². The molecule has 0 bridgehead atoms. The van der Waals surface area contributed by atoms with Gasteiger partial charge in [-0.2, -0.15) is 0 Å². The van der Waals surface area contributed by atoms with E-state index in [2.05, 4.69) is 15.3 Å². The Labute approximate surface area is 175 Å². The van der Waals surface area contributed by atoms with Crippen LogP contribution in [0.2, 0.25) is 0 Å². The molecule has 0 aliphatic heterocycles. The summed E-state index contributed by atoms with van der Waals surface area (Å²) in [6.45, 7) is 0. The average Bonchev–Trinajstić information content (AvgIpc) is 3.01. The number of fused-ring (bicyclic) bond motifs is 2. The fraction of sp³-hybridized carbons (Fsp3) is 0.0435. The number of nitrogens with zero attached hydrogens (tertiary/aromatic N) is 2. The standard InChI is InChI=1S/C23H13N3O5/c27-17-12-6-1-2-7-13(12)18(28)19(29)16(17)23(26-22-24-10-5-11-25-22)20(30)14-8-3-4-9-15(14)21(23)31/h1-11,27H,(H,24,25,26). The van der Waals surface area contributed by atoms with Crippen molar-refractivity contribution < 1.29 is 24.3 Å². The number of aromatic nitrogens is 2. The van der Waals surface area contributed by atoms with Crippen molar-refractivity contribution in [1.82, 2.24) is 9.97 Å². The molecule has 0 saturated carbocycles. The van der Waals surface area contributed by atoms with Gasteiger partial charge in [-0.3, -0.25) is 19.2 Å². The van der Waals surface area contributed by atoms with Crippen molar-refractivity contribution >= 4 is 34.8 Å². The van der Waals surface area contributed by atoms with E-state index in [1.165, 1.54) is 42.7 Å². The molecule has 2 N–H and O–H groups in total. The topological polar surface area (TPSA) is 126 Å². The Balaban J connectivity index is 1.83. The average molecular weight is 411 g/mol. The maximum atomic E-state index is 13.6. The summed E-state index contributed by atoms with van der Waals surface area (Å²) in [4.78, 5) is 61.2. The lowest BCUT2D eigenvalue weighted by molar-refractivity contribution is -0.112. The van der Waals surface area contributed by atoms with E-state index in [0.29, 0.717) is 0 Å². The smallest absolute Gasteiger partial charge is 0.236 e. The molecule has 1 aromatic heterocycles. The molecular weight excluding hydrogens is 398 g/mol. The summed E-state index contributed by atoms with van der Waals surface area (Å²) in [5, 5.41) is 13.7. The number of nitrogens with one attached hydrogen (secondary N) is 1. The third kappa shape index (κ3) is 2.42. The number of carbonyl (C=O) groups excluding carboxylic acids is 4. The van der Waals surface area contributed by atoms with Gasteiger partial charge < -0.3 is 10.4 Å². The minimum Gasteiger partial charge on any atom is -0.507 e. The van der Waals surface area contributed by atoms with E-state index in [4.69, 9.17) is 0 Å². The van der Waals surface area contributed by atoms with Crippen molar-refractivity contribution in [2.75, 3.05) is 5.32 Å². The Kier molecular flexibility index (Phi) is 3.91. The summed E-state index contributed by atoms with van der Waals surface area (Å²) < 4.78 is 0. The lowest BCUT2D eigenvalue weighted by Gasteiger charge is -2.31. The maximum Gasteiger partial charge on any atom is 0.236 e. The monoisotopic (exact) mass is 411 g/mol. The van der Waals surface area contributed by atoms with Crippen molar-refractivity contribution in [1.29, 1.82) is 0 Å². The molecule has 0 spiro atoms. The highest BCUT2D eigenvalue weighted by molar-refractivity contribution is 6.56. The molecule has 8 nitrogen and oxygen atoms in total. The highest BCUT2D eigenvalue weighted by Gasteiger charge is 2.61.